The third-order valence-electron chi connectivity index (χ3n) is 2.22. The average molecular weight is 279 g/mol. The fraction of sp³-hybridized carbons (Fsp3) is 0.300. The minimum atomic E-state index is -1.52. The van der Waals surface area contributed by atoms with Crippen molar-refractivity contribution in [3.8, 4) is 0 Å². The van der Waals surface area contributed by atoms with E-state index in [1.807, 2.05) is 31.4 Å². The van der Waals surface area contributed by atoms with Crippen molar-refractivity contribution in [2.24, 2.45) is 0 Å². The van der Waals surface area contributed by atoms with Gasteiger partial charge in [0.25, 0.3) is 0 Å². The van der Waals surface area contributed by atoms with Gasteiger partial charge in [0, 0.05) is 12.7 Å². The first kappa shape index (κ1) is 12.0. The molecule has 0 atom stereocenters. The zero-order chi connectivity index (χ0) is 11.8. The van der Waals surface area contributed by atoms with Crippen LogP contribution in [-0.2, 0) is 10.3 Å². The van der Waals surface area contributed by atoms with Crippen molar-refractivity contribution in [1.29, 1.82) is 0 Å². The van der Waals surface area contributed by atoms with Gasteiger partial charge in [0.15, 0.2) is 5.82 Å². The molecule has 0 amide bonds. The van der Waals surface area contributed by atoms with Crippen LogP contribution in [0.25, 0.3) is 5.52 Å². The normalized spacial score (nSPS) is 12.2. The van der Waals surface area contributed by atoms with Crippen LogP contribution < -0.4 is 5.32 Å². The van der Waals surface area contributed by atoms with Gasteiger partial charge < -0.3 is 5.32 Å². The molecule has 0 spiro atoms. The number of fused-ring (bicyclic) bond motifs is 1. The SMILES string of the molecule is CNCc1nc(C(Cl)(Cl)Cl)n2ccccc12. The average Bonchev–Trinajstić information content (AvgIpc) is 2.58. The Bertz CT molecular complexity index is 501. The highest BCUT2D eigenvalue weighted by atomic mass is 35.6. The third-order valence-corrected chi connectivity index (χ3v) is 2.73. The van der Waals surface area contributed by atoms with E-state index in [1.165, 1.54) is 0 Å². The third kappa shape index (κ3) is 2.13. The van der Waals surface area contributed by atoms with Gasteiger partial charge in [-0.2, -0.15) is 0 Å². The van der Waals surface area contributed by atoms with Crippen molar-refractivity contribution in [3.05, 3.63) is 35.9 Å². The Kier molecular flexibility index (Phi) is 3.31. The first-order valence-corrected chi connectivity index (χ1v) is 5.85. The smallest absolute Gasteiger partial charge is 0.248 e. The number of rotatable bonds is 2. The zero-order valence-electron chi connectivity index (χ0n) is 8.54. The van der Waals surface area contributed by atoms with Crippen LogP contribution in [0, 0.1) is 0 Å². The van der Waals surface area contributed by atoms with E-state index in [4.69, 9.17) is 34.8 Å². The summed E-state index contributed by atoms with van der Waals surface area (Å²) >= 11 is 17.6. The molecule has 16 heavy (non-hydrogen) atoms. The predicted molar refractivity (Wildman–Crippen MR) is 67.2 cm³/mol. The summed E-state index contributed by atoms with van der Waals surface area (Å²) in [7, 11) is 1.85. The highest BCUT2D eigenvalue weighted by Crippen LogP contribution is 2.38. The summed E-state index contributed by atoms with van der Waals surface area (Å²) in [5.41, 5.74) is 1.81. The maximum atomic E-state index is 5.88. The largest absolute Gasteiger partial charge is 0.314 e. The van der Waals surface area contributed by atoms with Crippen LogP contribution in [0.5, 0.6) is 0 Å². The summed E-state index contributed by atoms with van der Waals surface area (Å²) in [5.74, 6) is 0.415. The van der Waals surface area contributed by atoms with Gasteiger partial charge in [-0.15, -0.1) is 0 Å². The topological polar surface area (TPSA) is 29.3 Å². The Hall–Kier alpha value is -0.480. The van der Waals surface area contributed by atoms with Gasteiger partial charge in [-0.25, -0.2) is 4.98 Å². The van der Waals surface area contributed by atoms with Crippen LogP contribution >= 0.6 is 34.8 Å². The van der Waals surface area contributed by atoms with Gasteiger partial charge in [0.1, 0.15) is 0 Å². The monoisotopic (exact) mass is 277 g/mol. The fourth-order valence-electron chi connectivity index (χ4n) is 1.60. The molecule has 1 N–H and O–H groups in total. The highest BCUT2D eigenvalue weighted by molar-refractivity contribution is 6.66. The summed E-state index contributed by atoms with van der Waals surface area (Å²) < 4.78 is 0.274. The van der Waals surface area contributed by atoms with E-state index in [0.717, 1.165) is 11.2 Å². The van der Waals surface area contributed by atoms with Crippen molar-refractivity contribution in [2.45, 2.75) is 10.3 Å². The molecule has 0 saturated heterocycles. The van der Waals surface area contributed by atoms with Crippen LogP contribution in [0.15, 0.2) is 24.4 Å². The number of nitrogens with one attached hydrogen (secondary N) is 1. The van der Waals surface area contributed by atoms with Crippen LogP contribution in [-0.4, -0.2) is 16.4 Å². The molecule has 0 bridgehead atoms. The summed E-state index contributed by atoms with van der Waals surface area (Å²) in [6.45, 7) is 0.633. The first-order valence-electron chi connectivity index (χ1n) is 4.72. The Morgan fingerprint density at radius 2 is 2.12 bits per heavy atom. The van der Waals surface area contributed by atoms with E-state index in [0.29, 0.717) is 12.4 Å². The minimum Gasteiger partial charge on any atom is -0.314 e. The Morgan fingerprint density at radius 3 is 2.75 bits per heavy atom. The van der Waals surface area contributed by atoms with Crippen molar-refractivity contribution in [1.82, 2.24) is 14.7 Å². The van der Waals surface area contributed by atoms with E-state index in [1.54, 1.807) is 4.40 Å². The second-order valence-corrected chi connectivity index (χ2v) is 5.65. The minimum absolute atomic E-state index is 0.415. The molecule has 2 aromatic rings. The second-order valence-electron chi connectivity index (χ2n) is 3.37. The maximum Gasteiger partial charge on any atom is 0.248 e. The van der Waals surface area contributed by atoms with Gasteiger partial charge in [0.2, 0.25) is 3.79 Å². The number of nitrogens with zero attached hydrogens (tertiary/aromatic N) is 2. The van der Waals surface area contributed by atoms with Crippen LogP contribution in [0.2, 0.25) is 0 Å². The molecule has 2 rings (SSSR count). The Morgan fingerprint density at radius 1 is 1.38 bits per heavy atom. The van der Waals surface area contributed by atoms with Gasteiger partial charge in [0.05, 0.1) is 11.2 Å². The molecule has 0 aliphatic carbocycles. The molecule has 0 saturated carbocycles. The lowest BCUT2D eigenvalue weighted by Crippen LogP contribution is -2.07. The summed E-state index contributed by atoms with van der Waals surface area (Å²) in [4.78, 5) is 4.35. The number of aromatic nitrogens is 2. The zero-order valence-corrected chi connectivity index (χ0v) is 10.8. The number of imidazole rings is 1. The van der Waals surface area contributed by atoms with Gasteiger partial charge >= 0.3 is 0 Å². The van der Waals surface area contributed by atoms with E-state index in [2.05, 4.69) is 10.3 Å². The highest BCUT2D eigenvalue weighted by Gasteiger charge is 2.29. The van der Waals surface area contributed by atoms with E-state index >= 15 is 0 Å². The number of pyridine rings is 1. The second kappa shape index (κ2) is 4.41. The van der Waals surface area contributed by atoms with E-state index < -0.39 is 3.79 Å². The van der Waals surface area contributed by atoms with Crippen LogP contribution in [0.4, 0.5) is 0 Å². The Balaban J connectivity index is 2.67. The van der Waals surface area contributed by atoms with E-state index in [-0.39, 0.29) is 0 Å². The molecule has 0 aliphatic rings. The van der Waals surface area contributed by atoms with Crippen molar-refractivity contribution in [3.63, 3.8) is 0 Å². The van der Waals surface area contributed by atoms with Crippen molar-refractivity contribution < 1.29 is 0 Å². The summed E-state index contributed by atoms with van der Waals surface area (Å²) in [5, 5.41) is 3.04. The number of hydrogen-bond donors (Lipinski definition) is 1. The lowest BCUT2D eigenvalue weighted by Gasteiger charge is -2.08. The molecule has 0 unspecified atom stereocenters. The van der Waals surface area contributed by atoms with Crippen LogP contribution in [0.3, 0.4) is 0 Å². The lowest BCUT2D eigenvalue weighted by molar-refractivity contribution is 0.797. The number of alkyl halides is 3. The summed E-state index contributed by atoms with van der Waals surface area (Å²) in [6, 6.07) is 5.75. The van der Waals surface area contributed by atoms with E-state index in [9.17, 15) is 0 Å². The standard InChI is InChI=1S/C10H10Cl3N3/c1-14-6-7-8-4-2-3-5-16(8)9(15-7)10(11,12)13/h2-5,14H,6H2,1H3. The predicted octanol–water partition coefficient (Wildman–Crippen LogP) is 2.88. The molecule has 0 radical (unpaired) electrons. The molecule has 3 nitrogen and oxygen atoms in total. The first-order chi connectivity index (χ1) is 7.54. The number of halogens is 3. The summed E-state index contributed by atoms with van der Waals surface area (Å²) in [6.07, 6.45) is 1.83. The quantitative estimate of drug-likeness (QED) is 0.856. The van der Waals surface area contributed by atoms with Gasteiger partial charge in [-0.05, 0) is 19.2 Å². The molecule has 0 aromatic carbocycles. The lowest BCUT2D eigenvalue weighted by atomic mass is 10.3. The maximum absolute atomic E-state index is 5.88. The fourth-order valence-corrected chi connectivity index (χ4v) is 2.00. The van der Waals surface area contributed by atoms with Crippen molar-refractivity contribution in [2.75, 3.05) is 7.05 Å². The molecule has 0 fully saturated rings. The Labute approximate surface area is 108 Å². The van der Waals surface area contributed by atoms with Gasteiger partial charge in [-0.1, -0.05) is 40.9 Å². The molecule has 2 aromatic heterocycles. The van der Waals surface area contributed by atoms with Crippen molar-refractivity contribution >= 4 is 40.3 Å². The molecular formula is C10H10Cl3N3. The number of hydrogen-bond acceptors (Lipinski definition) is 2. The molecule has 0 aliphatic heterocycles. The molecule has 2 heterocycles. The van der Waals surface area contributed by atoms with Crippen LogP contribution in [0.1, 0.15) is 11.5 Å². The molecule has 6 heteroatoms. The molecular weight excluding hydrogens is 268 g/mol. The van der Waals surface area contributed by atoms with Gasteiger partial charge in [-0.3, -0.25) is 4.40 Å². The molecule has 86 valence electrons.